The van der Waals surface area contributed by atoms with Gasteiger partial charge in [0.2, 0.25) is 6.79 Å². The van der Waals surface area contributed by atoms with E-state index in [4.69, 9.17) is 14.5 Å². The van der Waals surface area contributed by atoms with Crippen LogP contribution in [0.3, 0.4) is 0 Å². The molecule has 0 radical (unpaired) electrons. The van der Waals surface area contributed by atoms with Crippen molar-refractivity contribution in [3.05, 3.63) is 72.4 Å². The van der Waals surface area contributed by atoms with Gasteiger partial charge in [0, 0.05) is 17.8 Å². The van der Waals surface area contributed by atoms with Gasteiger partial charge in [0.05, 0.1) is 5.69 Å². The molecule has 0 fully saturated rings. The molecule has 0 saturated heterocycles. The minimum Gasteiger partial charge on any atom is -0.454 e. The summed E-state index contributed by atoms with van der Waals surface area (Å²) in [5, 5.41) is 8.96. The molecule has 3 heterocycles. The van der Waals surface area contributed by atoms with Gasteiger partial charge in [-0.05, 0) is 30.7 Å². The van der Waals surface area contributed by atoms with Crippen molar-refractivity contribution in [1.82, 2.24) is 9.38 Å². The Morgan fingerprint density at radius 1 is 0.926 bits per heavy atom. The number of nitrogens with zero attached hydrogens (tertiary/aromatic N) is 4. The molecule has 0 amide bonds. The normalized spacial score (nSPS) is 12.9. The molecular weight excluding hydrogens is 340 g/mol. The molecule has 0 atom stereocenters. The maximum Gasteiger partial charge on any atom is 0.231 e. The molecule has 0 bridgehead atoms. The van der Waals surface area contributed by atoms with Crippen molar-refractivity contribution in [3.8, 4) is 22.8 Å². The summed E-state index contributed by atoms with van der Waals surface area (Å²) in [5.41, 5.74) is 4.45. The Bertz CT molecular complexity index is 1170. The summed E-state index contributed by atoms with van der Waals surface area (Å²) in [6.45, 7) is 2.27. The van der Waals surface area contributed by atoms with Crippen LogP contribution in [0.4, 0.5) is 11.5 Å². The van der Waals surface area contributed by atoms with E-state index < -0.39 is 0 Å². The largest absolute Gasteiger partial charge is 0.454 e. The van der Waals surface area contributed by atoms with Gasteiger partial charge in [-0.2, -0.15) is 0 Å². The molecule has 0 spiro atoms. The smallest absolute Gasteiger partial charge is 0.231 e. The molecule has 0 aliphatic carbocycles. The SMILES string of the molecule is Cc1cccn2c(N=Nc3ccc4c(c3)OCO4)c(-c3ccccc3)nc12. The van der Waals surface area contributed by atoms with Gasteiger partial charge in [-0.15, -0.1) is 10.2 Å². The summed E-state index contributed by atoms with van der Waals surface area (Å²) < 4.78 is 12.7. The highest BCUT2D eigenvalue weighted by molar-refractivity contribution is 5.75. The topological polar surface area (TPSA) is 60.5 Å². The second-order valence-electron chi connectivity index (χ2n) is 6.27. The van der Waals surface area contributed by atoms with E-state index in [1.54, 1.807) is 0 Å². The van der Waals surface area contributed by atoms with Crippen LogP contribution in [0.25, 0.3) is 16.9 Å². The number of fused-ring (bicyclic) bond motifs is 2. The summed E-state index contributed by atoms with van der Waals surface area (Å²) >= 11 is 0. The number of rotatable bonds is 3. The zero-order chi connectivity index (χ0) is 18.2. The number of hydrogen-bond acceptors (Lipinski definition) is 5. The lowest BCUT2D eigenvalue weighted by Gasteiger charge is -2.00. The first-order valence-electron chi connectivity index (χ1n) is 8.64. The summed E-state index contributed by atoms with van der Waals surface area (Å²) in [5.74, 6) is 2.10. The summed E-state index contributed by atoms with van der Waals surface area (Å²) in [6, 6.07) is 19.6. The zero-order valence-corrected chi connectivity index (χ0v) is 14.7. The number of ether oxygens (including phenoxy) is 2. The number of pyridine rings is 1. The van der Waals surface area contributed by atoms with Crippen molar-refractivity contribution >= 4 is 17.2 Å². The molecular formula is C21H16N4O2. The van der Waals surface area contributed by atoms with Crippen molar-refractivity contribution < 1.29 is 9.47 Å². The van der Waals surface area contributed by atoms with Crippen molar-refractivity contribution in [2.75, 3.05) is 6.79 Å². The van der Waals surface area contributed by atoms with Gasteiger partial charge in [0.25, 0.3) is 0 Å². The Labute approximate surface area is 155 Å². The highest BCUT2D eigenvalue weighted by atomic mass is 16.7. The average Bonchev–Trinajstić information content (AvgIpc) is 3.32. The molecule has 27 heavy (non-hydrogen) atoms. The van der Waals surface area contributed by atoms with Gasteiger partial charge in [0.15, 0.2) is 17.3 Å². The Morgan fingerprint density at radius 2 is 1.78 bits per heavy atom. The quantitative estimate of drug-likeness (QED) is 0.458. The van der Waals surface area contributed by atoms with E-state index in [0.29, 0.717) is 17.3 Å². The Kier molecular flexibility index (Phi) is 3.60. The minimum atomic E-state index is 0.237. The third-order valence-electron chi connectivity index (χ3n) is 4.48. The molecule has 0 unspecified atom stereocenters. The van der Waals surface area contributed by atoms with Crippen LogP contribution in [0, 0.1) is 6.92 Å². The lowest BCUT2D eigenvalue weighted by atomic mass is 10.1. The number of hydrogen-bond donors (Lipinski definition) is 0. The Hall–Kier alpha value is -3.67. The second-order valence-corrected chi connectivity index (χ2v) is 6.27. The van der Waals surface area contributed by atoms with Crippen molar-refractivity contribution in [3.63, 3.8) is 0 Å². The number of aromatic nitrogens is 2. The van der Waals surface area contributed by atoms with E-state index in [1.165, 1.54) is 0 Å². The molecule has 1 aliphatic rings. The number of benzene rings is 2. The molecule has 1 aliphatic heterocycles. The van der Waals surface area contributed by atoms with Crippen molar-refractivity contribution in [1.29, 1.82) is 0 Å². The third-order valence-corrected chi connectivity index (χ3v) is 4.48. The fraction of sp³-hybridized carbons (Fsp3) is 0.0952. The van der Waals surface area contributed by atoms with E-state index in [9.17, 15) is 0 Å². The van der Waals surface area contributed by atoms with Crippen LogP contribution >= 0.6 is 0 Å². The molecule has 0 saturated carbocycles. The van der Waals surface area contributed by atoms with Crippen molar-refractivity contribution in [2.24, 2.45) is 10.2 Å². The van der Waals surface area contributed by atoms with Gasteiger partial charge < -0.3 is 9.47 Å². The predicted molar refractivity (Wildman–Crippen MR) is 102 cm³/mol. The highest BCUT2D eigenvalue weighted by Crippen LogP contribution is 2.37. The van der Waals surface area contributed by atoms with Crippen LogP contribution in [-0.2, 0) is 0 Å². The van der Waals surface area contributed by atoms with E-state index in [2.05, 4.69) is 10.2 Å². The van der Waals surface area contributed by atoms with Gasteiger partial charge in [-0.3, -0.25) is 4.40 Å². The van der Waals surface area contributed by atoms with Crippen LogP contribution in [0.15, 0.2) is 77.1 Å². The van der Waals surface area contributed by atoms with Crippen LogP contribution in [0.1, 0.15) is 5.56 Å². The fourth-order valence-electron chi connectivity index (χ4n) is 3.13. The van der Waals surface area contributed by atoms with Gasteiger partial charge in [-0.1, -0.05) is 36.4 Å². The van der Waals surface area contributed by atoms with Gasteiger partial charge in [0.1, 0.15) is 11.3 Å². The molecule has 6 nitrogen and oxygen atoms in total. The summed E-state index contributed by atoms with van der Waals surface area (Å²) in [4.78, 5) is 4.82. The van der Waals surface area contributed by atoms with E-state index in [-0.39, 0.29) is 6.79 Å². The number of imidazole rings is 1. The molecule has 0 N–H and O–H groups in total. The molecule has 2 aromatic carbocycles. The lowest BCUT2D eigenvalue weighted by molar-refractivity contribution is 0.174. The van der Waals surface area contributed by atoms with Crippen molar-refractivity contribution in [2.45, 2.75) is 6.92 Å². The minimum absolute atomic E-state index is 0.237. The highest BCUT2D eigenvalue weighted by Gasteiger charge is 2.16. The van der Waals surface area contributed by atoms with E-state index in [0.717, 1.165) is 28.2 Å². The Balaban J connectivity index is 1.64. The molecule has 4 aromatic rings. The number of aryl methyl sites for hydroxylation is 1. The standard InChI is InChI=1S/C21H16N4O2/c1-14-6-5-11-25-20(14)22-19(15-7-3-2-4-8-15)21(25)24-23-16-9-10-17-18(12-16)27-13-26-17/h2-12H,13H2,1H3. The fourth-order valence-corrected chi connectivity index (χ4v) is 3.13. The molecule has 6 heteroatoms. The first-order chi connectivity index (χ1) is 13.3. The van der Waals surface area contributed by atoms with E-state index >= 15 is 0 Å². The maximum absolute atomic E-state index is 5.41. The maximum atomic E-state index is 5.41. The first-order valence-corrected chi connectivity index (χ1v) is 8.64. The first kappa shape index (κ1) is 15.6. The van der Waals surface area contributed by atoms with Gasteiger partial charge >= 0.3 is 0 Å². The lowest BCUT2D eigenvalue weighted by Crippen LogP contribution is -1.92. The van der Waals surface area contributed by atoms with Crippen LogP contribution < -0.4 is 9.47 Å². The predicted octanol–water partition coefficient (Wildman–Crippen LogP) is 5.45. The monoisotopic (exact) mass is 356 g/mol. The molecule has 5 rings (SSSR count). The Morgan fingerprint density at radius 3 is 2.67 bits per heavy atom. The van der Waals surface area contributed by atoms with Crippen LogP contribution in [-0.4, -0.2) is 16.2 Å². The average molecular weight is 356 g/mol. The summed E-state index contributed by atoms with van der Waals surface area (Å²) in [6.07, 6.45) is 1.95. The zero-order valence-electron chi connectivity index (χ0n) is 14.7. The molecule has 2 aromatic heterocycles. The molecule has 132 valence electrons. The van der Waals surface area contributed by atoms with Crippen LogP contribution in [0.5, 0.6) is 11.5 Å². The van der Waals surface area contributed by atoms with Crippen LogP contribution in [0.2, 0.25) is 0 Å². The third kappa shape index (κ3) is 2.71. The summed E-state index contributed by atoms with van der Waals surface area (Å²) in [7, 11) is 0. The van der Waals surface area contributed by atoms with E-state index in [1.807, 2.05) is 78.2 Å². The second kappa shape index (κ2) is 6.25. The number of azo groups is 1. The van der Waals surface area contributed by atoms with Gasteiger partial charge in [-0.25, -0.2) is 4.98 Å².